The maximum Gasteiger partial charge on any atom is 0.0652 e. The number of hydrogen-bond donors (Lipinski definition) is 0. The van der Waals surface area contributed by atoms with Crippen LogP contribution in [0.1, 0.15) is 16.7 Å². The first-order valence-electron chi connectivity index (χ1n) is 12.2. The molecule has 0 saturated heterocycles. The van der Waals surface area contributed by atoms with Crippen LogP contribution in [-0.2, 0) is 0 Å². The van der Waals surface area contributed by atoms with Crippen LogP contribution in [0, 0.1) is 13.8 Å². The number of hydrogen-bond acceptors (Lipinski definition) is 3. The average Bonchev–Trinajstić information content (AvgIpc) is 2.93. The van der Waals surface area contributed by atoms with Gasteiger partial charge < -0.3 is 4.90 Å². The maximum absolute atomic E-state index is 4.97. The lowest BCUT2D eigenvalue weighted by molar-refractivity contribution is 1.09. The molecule has 5 aromatic rings. The van der Waals surface area contributed by atoms with Crippen molar-refractivity contribution in [2.24, 2.45) is 5.10 Å². The van der Waals surface area contributed by atoms with E-state index in [1.807, 2.05) is 47.6 Å². The highest BCUT2D eigenvalue weighted by Crippen LogP contribution is 2.36. The van der Waals surface area contributed by atoms with Crippen molar-refractivity contribution in [3.05, 3.63) is 150 Å². The van der Waals surface area contributed by atoms with Gasteiger partial charge in [0.25, 0.3) is 0 Å². The summed E-state index contributed by atoms with van der Waals surface area (Å²) in [5.41, 5.74) is 8.78. The summed E-state index contributed by atoms with van der Waals surface area (Å²) in [6.07, 6.45) is 1.95. The molecular formula is C33H29N3. The van der Waals surface area contributed by atoms with Gasteiger partial charge in [0.15, 0.2) is 0 Å². The summed E-state index contributed by atoms with van der Waals surface area (Å²) in [5.74, 6) is 0. The summed E-state index contributed by atoms with van der Waals surface area (Å²) in [4.78, 5) is 2.29. The molecule has 0 aromatic heterocycles. The Morgan fingerprint density at radius 2 is 0.917 bits per heavy atom. The largest absolute Gasteiger partial charge is 0.310 e. The molecule has 0 saturated carbocycles. The van der Waals surface area contributed by atoms with Crippen LogP contribution in [0.15, 0.2) is 139 Å². The Kier molecular flexibility index (Phi) is 6.90. The molecule has 0 unspecified atom stereocenters. The van der Waals surface area contributed by atoms with E-state index in [0.717, 1.165) is 34.0 Å². The Morgan fingerprint density at radius 1 is 0.472 bits per heavy atom. The first kappa shape index (κ1) is 23.1. The van der Waals surface area contributed by atoms with Gasteiger partial charge in [-0.05, 0) is 68.4 Å². The summed E-state index contributed by atoms with van der Waals surface area (Å²) in [7, 11) is 0. The number of rotatable bonds is 7. The second-order valence-electron chi connectivity index (χ2n) is 8.79. The van der Waals surface area contributed by atoms with Gasteiger partial charge in [0.2, 0.25) is 0 Å². The minimum atomic E-state index is 1.01. The molecule has 0 N–H and O–H groups in total. The molecule has 0 aliphatic heterocycles. The topological polar surface area (TPSA) is 18.8 Å². The van der Waals surface area contributed by atoms with Gasteiger partial charge in [-0.25, -0.2) is 5.01 Å². The Hall–Kier alpha value is -4.63. The van der Waals surface area contributed by atoms with Gasteiger partial charge in [-0.15, -0.1) is 0 Å². The molecule has 0 bridgehead atoms. The molecule has 0 atom stereocenters. The molecular weight excluding hydrogens is 438 g/mol. The fourth-order valence-corrected chi connectivity index (χ4v) is 4.16. The minimum absolute atomic E-state index is 1.01. The van der Waals surface area contributed by atoms with Crippen LogP contribution >= 0.6 is 0 Å². The first-order chi connectivity index (χ1) is 17.7. The zero-order valence-electron chi connectivity index (χ0n) is 20.6. The summed E-state index contributed by atoms with van der Waals surface area (Å²) in [6, 6.07) is 46.1. The van der Waals surface area contributed by atoms with Crippen LogP contribution in [0.5, 0.6) is 0 Å². The van der Waals surface area contributed by atoms with E-state index in [0.29, 0.717) is 0 Å². The fraction of sp³-hybridized carbons (Fsp3) is 0.0606. The third-order valence-electron chi connectivity index (χ3n) is 6.08. The summed E-state index contributed by atoms with van der Waals surface area (Å²) in [5, 5.41) is 6.95. The van der Waals surface area contributed by atoms with Crippen molar-refractivity contribution in [1.29, 1.82) is 0 Å². The number of para-hydroxylation sites is 3. The minimum Gasteiger partial charge on any atom is -0.310 e. The predicted octanol–water partition coefficient (Wildman–Crippen LogP) is 8.95. The molecule has 5 aromatic carbocycles. The molecule has 0 spiro atoms. The monoisotopic (exact) mass is 467 g/mol. The van der Waals surface area contributed by atoms with Crippen molar-refractivity contribution in [2.45, 2.75) is 13.8 Å². The molecule has 36 heavy (non-hydrogen) atoms. The predicted molar refractivity (Wildman–Crippen MR) is 153 cm³/mol. The zero-order chi connectivity index (χ0) is 24.7. The molecule has 3 heteroatoms. The van der Waals surface area contributed by atoms with E-state index < -0.39 is 0 Å². The van der Waals surface area contributed by atoms with Crippen LogP contribution in [0.3, 0.4) is 0 Å². The van der Waals surface area contributed by atoms with E-state index in [1.54, 1.807) is 0 Å². The maximum atomic E-state index is 4.97. The van der Waals surface area contributed by atoms with Crippen molar-refractivity contribution in [2.75, 3.05) is 9.91 Å². The smallest absolute Gasteiger partial charge is 0.0652 e. The van der Waals surface area contributed by atoms with E-state index in [2.05, 4.69) is 116 Å². The van der Waals surface area contributed by atoms with Gasteiger partial charge in [0, 0.05) is 16.9 Å². The van der Waals surface area contributed by atoms with Crippen molar-refractivity contribution >= 4 is 34.7 Å². The quantitative estimate of drug-likeness (QED) is 0.176. The van der Waals surface area contributed by atoms with Crippen LogP contribution in [0.4, 0.5) is 28.4 Å². The highest BCUT2D eigenvalue weighted by atomic mass is 15.5. The van der Waals surface area contributed by atoms with E-state index in [-0.39, 0.29) is 0 Å². The number of benzene rings is 5. The average molecular weight is 468 g/mol. The summed E-state index contributed by atoms with van der Waals surface area (Å²) < 4.78 is 0. The molecule has 0 fully saturated rings. The number of nitrogens with zero attached hydrogens (tertiary/aromatic N) is 3. The van der Waals surface area contributed by atoms with Crippen molar-refractivity contribution in [3.63, 3.8) is 0 Å². The Morgan fingerprint density at radius 3 is 1.42 bits per heavy atom. The molecule has 3 nitrogen and oxygen atoms in total. The lowest BCUT2D eigenvalue weighted by atomic mass is 10.1. The van der Waals surface area contributed by atoms with Crippen molar-refractivity contribution in [3.8, 4) is 0 Å². The third-order valence-corrected chi connectivity index (χ3v) is 6.08. The van der Waals surface area contributed by atoms with Gasteiger partial charge in [-0.2, -0.15) is 5.10 Å². The van der Waals surface area contributed by atoms with E-state index in [4.69, 9.17) is 5.10 Å². The normalized spacial score (nSPS) is 10.9. The summed E-state index contributed by atoms with van der Waals surface area (Å²) >= 11 is 0. The lowest BCUT2D eigenvalue weighted by Gasteiger charge is -2.27. The second kappa shape index (κ2) is 10.7. The van der Waals surface area contributed by atoms with Crippen molar-refractivity contribution < 1.29 is 0 Å². The van der Waals surface area contributed by atoms with Gasteiger partial charge in [-0.3, -0.25) is 0 Å². The Balaban J connectivity index is 1.60. The lowest BCUT2D eigenvalue weighted by Crippen LogP contribution is -2.13. The summed E-state index contributed by atoms with van der Waals surface area (Å²) in [6.45, 7) is 4.23. The molecule has 5 rings (SSSR count). The van der Waals surface area contributed by atoms with Crippen LogP contribution < -0.4 is 9.91 Å². The fourth-order valence-electron chi connectivity index (χ4n) is 4.16. The van der Waals surface area contributed by atoms with Gasteiger partial charge in [0.05, 0.1) is 23.3 Å². The Bertz CT molecular complexity index is 1340. The molecule has 0 aliphatic carbocycles. The molecule has 0 heterocycles. The Labute approximate surface area is 213 Å². The first-order valence-corrected chi connectivity index (χ1v) is 12.2. The van der Waals surface area contributed by atoms with E-state index in [9.17, 15) is 0 Å². The molecule has 176 valence electrons. The second-order valence-corrected chi connectivity index (χ2v) is 8.79. The van der Waals surface area contributed by atoms with Crippen LogP contribution in [0.2, 0.25) is 0 Å². The number of aryl methyl sites for hydroxylation is 2. The zero-order valence-corrected chi connectivity index (χ0v) is 20.6. The van der Waals surface area contributed by atoms with E-state index >= 15 is 0 Å². The van der Waals surface area contributed by atoms with Gasteiger partial charge in [0.1, 0.15) is 0 Å². The molecule has 0 radical (unpaired) electrons. The van der Waals surface area contributed by atoms with Crippen molar-refractivity contribution in [1.82, 2.24) is 0 Å². The standard InChI is InChI=1S/C33H29N3/c1-26-17-21-29(22-18-26)35(30-23-19-27(2)20-24-30)33-16-10-9-11-28(33)25-34-36(31-12-5-3-6-13-31)32-14-7-4-8-15-32/h3-25H,1-2H3. The van der Waals surface area contributed by atoms with Gasteiger partial charge >= 0.3 is 0 Å². The molecule has 0 amide bonds. The van der Waals surface area contributed by atoms with E-state index in [1.165, 1.54) is 11.1 Å². The molecule has 0 aliphatic rings. The third kappa shape index (κ3) is 5.21. The van der Waals surface area contributed by atoms with Gasteiger partial charge in [-0.1, -0.05) is 90.0 Å². The number of hydrazone groups is 1. The van der Waals surface area contributed by atoms with Crippen LogP contribution in [0.25, 0.3) is 0 Å². The highest BCUT2D eigenvalue weighted by molar-refractivity contribution is 5.93. The number of anilines is 5. The highest BCUT2D eigenvalue weighted by Gasteiger charge is 2.15. The SMILES string of the molecule is Cc1ccc(N(c2ccc(C)cc2)c2ccccc2C=NN(c2ccccc2)c2ccccc2)cc1. The van der Waals surface area contributed by atoms with Crippen LogP contribution in [-0.4, -0.2) is 6.21 Å².